The molecule has 0 fully saturated rings. The van der Waals surface area contributed by atoms with Gasteiger partial charge >= 0.3 is 0 Å². The molecule has 44 valence electrons. The molecule has 0 saturated carbocycles. The Morgan fingerprint density at radius 3 is 3.00 bits per heavy atom. The topological polar surface area (TPSA) is 15.3 Å². The van der Waals surface area contributed by atoms with E-state index in [1.165, 1.54) is 0 Å². The first-order chi connectivity index (χ1) is 3.93. The standard InChI is InChI=1S/C6H10N2/c1-2-8-5-3-4-7-6-8/h2-3,5,7H,1,4,6H2. The van der Waals surface area contributed by atoms with Crippen LogP contribution in [0.25, 0.3) is 0 Å². The van der Waals surface area contributed by atoms with Crippen molar-refractivity contribution in [1.82, 2.24) is 10.2 Å². The van der Waals surface area contributed by atoms with Crippen LogP contribution in [-0.4, -0.2) is 18.1 Å². The predicted octanol–water partition coefficient (Wildman–Crippen LogP) is 0.506. The van der Waals surface area contributed by atoms with E-state index >= 15 is 0 Å². The summed E-state index contributed by atoms with van der Waals surface area (Å²) in [6.45, 7) is 5.48. The molecule has 0 unspecified atom stereocenters. The highest BCUT2D eigenvalue weighted by Crippen LogP contribution is 1.90. The normalized spacial score (nSPS) is 18.8. The summed E-state index contributed by atoms with van der Waals surface area (Å²) in [6.07, 6.45) is 5.87. The maximum atomic E-state index is 3.62. The van der Waals surface area contributed by atoms with E-state index in [-0.39, 0.29) is 0 Å². The first-order valence-electron chi connectivity index (χ1n) is 2.69. The zero-order chi connectivity index (χ0) is 5.82. The number of nitrogens with zero attached hydrogens (tertiary/aromatic N) is 1. The van der Waals surface area contributed by atoms with Gasteiger partial charge in [-0.15, -0.1) is 0 Å². The van der Waals surface area contributed by atoms with Crippen molar-refractivity contribution in [3.8, 4) is 0 Å². The quantitative estimate of drug-likeness (QED) is 0.529. The van der Waals surface area contributed by atoms with Gasteiger partial charge in [-0.3, -0.25) is 5.32 Å². The fourth-order valence-corrected chi connectivity index (χ4v) is 0.643. The fourth-order valence-electron chi connectivity index (χ4n) is 0.643. The van der Waals surface area contributed by atoms with E-state index < -0.39 is 0 Å². The molecule has 0 bridgehead atoms. The zero-order valence-corrected chi connectivity index (χ0v) is 4.80. The molecule has 0 radical (unpaired) electrons. The van der Waals surface area contributed by atoms with Gasteiger partial charge in [-0.05, 0) is 6.20 Å². The lowest BCUT2D eigenvalue weighted by Gasteiger charge is -2.18. The van der Waals surface area contributed by atoms with E-state index in [4.69, 9.17) is 0 Å². The molecular weight excluding hydrogens is 100 g/mol. The van der Waals surface area contributed by atoms with Crippen LogP contribution >= 0.6 is 0 Å². The molecule has 2 nitrogen and oxygen atoms in total. The molecular formula is C6H10N2. The number of hydrogen-bond acceptors (Lipinski definition) is 2. The van der Waals surface area contributed by atoms with Gasteiger partial charge in [0.25, 0.3) is 0 Å². The van der Waals surface area contributed by atoms with Crippen molar-refractivity contribution in [2.45, 2.75) is 0 Å². The molecule has 0 aromatic rings. The average Bonchev–Trinajstić information content (AvgIpc) is 1.90. The Balaban J connectivity index is 2.42. The van der Waals surface area contributed by atoms with Gasteiger partial charge in [-0.2, -0.15) is 0 Å². The van der Waals surface area contributed by atoms with Crippen LogP contribution in [0.3, 0.4) is 0 Å². The minimum Gasteiger partial charge on any atom is -0.342 e. The minimum atomic E-state index is 0.889. The Morgan fingerprint density at radius 1 is 1.75 bits per heavy atom. The van der Waals surface area contributed by atoms with Crippen molar-refractivity contribution in [1.29, 1.82) is 0 Å². The predicted molar refractivity (Wildman–Crippen MR) is 34.0 cm³/mol. The fraction of sp³-hybridized carbons (Fsp3) is 0.333. The van der Waals surface area contributed by atoms with Crippen LogP contribution in [0.1, 0.15) is 0 Å². The van der Waals surface area contributed by atoms with Crippen molar-refractivity contribution in [2.75, 3.05) is 13.2 Å². The summed E-state index contributed by atoms with van der Waals surface area (Å²) in [5.41, 5.74) is 0. The number of nitrogens with one attached hydrogen (secondary N) is 1. The van der Waals surface area contributed by atoms with Gasteiger partial charge in [0, 0.05) is 12.7 Å². The number of hydrogen-bond donors (Lipinski definition) is 1. The van der Waals surface area contributed by atoms with Gasteiger partial charge < -0.3 is 4.90 Å². The zero-order valence-electron chi connectivity index (χ0n) is 4.80. The van der Waals surface area contributed by atoms with Crippen LogP contribution in [0.15, 0.2) is 25.1 Å². The Bertz CT molecular complexity index is 107. The van der Waals surface area contributed by atoms with Crippen LogP contribution < -0.4 is 5.32 Å². The summed E-state index contributed by atoms with van der Waals surface area (Å²) in [5, 5.41) is 3.15. The number of rotatable bonds is 1. The summed E-state index contributed by atoms with van der Waals surface area (Å²) in [4.78, 5) is 1.99. The van der Waals surface area contributed by atoms with Gasteiger partial charge in [0.15, 0.2) is 0 Å². The lowest BCUT2D eigenvalue weighted by Crippen LogP contribution is -2.30. The third-order valence-electron chi connectivity index (χ3n) is 1.09. The SMILES string of the molecule is C=CN1C=CCNC1. The first kappa shape index (κ1) is 5.38. The summed E-state index contributed by atoms with van der Waals surface area (Å²) >= 11 is 0. The summed E-state index contributed by atoms with van der Waals surface area (Å²) < 4.78 is 0. The Morgan fingerprint density at radius 2 is 2.62 bits per heavy atom. The summed E-state index contributed by atoms with van der Waals surface area (Å²) in [7, 11) is 0. The molecule has 1 aliphatic rings. The molecule has 1 heterocycles. The second kappa shape index (κ2) is 2.52. The van der Waals surface area contributed by atoms with Crippen LogP contribution in [0.4, 0.5) is 0 Å². The highest BCUT2D eigenvalue weighted by Gasteiger charge is 1.94. The second-order valence-corrected chi connectivity index (χ2v) is 1.69. The van der Waals surface area contributed by atoms with Crippen molar-refractivity contribution in [3.05, 3.63) is 25.1 Å². The molecule has 0 aromatic carbocycles. The molecule has 0 aromatic heterocycles. The van der Waals surface area contributed by atoms with Gasteiger partial charge in [-0.25, -0.2) is 0 Å². The average molecular weight is 110 g/mol. The largest absolute Gasteiger partial charge is 0.342 e. The molecule has 1 rings (SSSR count). The molecule has 2 heteroatoms. The Hall–Kier alpha value is -0.760. The van der Waals surface area contributed by atoms with Crippen molar-refractivity contribution < 1.29 is 0 Å². The minimum absolute atomic E-state index is 0.889. The second-order valence-electron chi connectivity index (χ2n) is 1.69. The summed E-state index contributed by atoms with van der Waals surface area (Å²) in [6, 6.07) is 0. The van der Waals surface area contributed by atoms with E-state index in [9.17, 15) is 0 Å². The van der Waals surface area contributed by atoms with Crippen LogP contribution in [-0.2, 0) is 0 Å². The maximum absolute atomic E-state index is 3.62. The van der Waals surface area contributed by atoms with Gasteiger partial charge in [0.1, 0.15) is 0 Å². The van der Waals surface area contributed by atoms with Crippen molar-refractivity contribution in [3.63, 3.8) is 0 Å². The van der Waals surface area contributed by atoms with Crippen LogP contribution in [0.5, 0.6) is 0 Å². The monoisotopic (exact) mass is 110 g/mol. The Kier molecular flexibility index (Phi) is 1.70. The maximum Gasteiger partial charge on any atom is 0.0721 e. The third-order valence-corrected chi connectivity index (χ3v) is 1.09. The molecule has 0 aliphatic carbocycles. The van der Waals surface area contributed by atoms with E-state index in [1.54, 1.807) is 6.20 Å². The molecule has 0 amide bonds. The molecule has 1 N–H and O–H groups in total. The molecule has 0 saturated heterocycles. The lowest BCUT2D eigenvalue weighted by atomic mass is 10.5. The van der Waals surface area contributed by atoms with Gasteiger partial charge in [0.2, 0.25) is 0 Å². The molecule has 1 aliphatic heterocycles. The van der Waals surface area contributed by atoms with E-state index in [0.717, 1.165) is 13.2 Å². The van der Waals surface area contributed by atoms with E-state index in [1.807, 2.05) is 11.1 Å². The highest BCUT2D eigenvalue weighted by atomic mass is 15.2. The first-order valence-corrected chi connectivity index (χ1v) is 2.69. The lowest BCUT2D eigenvalue weighted by molar-refractivity contribution is 0.439. The molecule has 0 atom stereocenters. The van der Waals surface area contributed by atoms with Crippen LogP contribution in [0, 0.1) is 0 Å². The Labute approximate surface area is 49.5 Å². The summed E-state index contributed by atoms with van der Waals surface area (Å²) in [5.74, 6) is 0. The molecule has 0 spiro atoms. The third kappa shape index (κ3) is 1.10. The molecule has 8 heavy (non-hydrogen) atoms. The van der Waals surface area contributed by atoms with Gasteiger partial charge in [-0.1, -0.05) is 12.7 Å². The van der Waals surface area contributed by atoms with E-state index in [2.05, 4.69) is 18.0 Å². The van der Waals surface area contributed by atoms with E-state index in [0.29, 0.717) is 0 Å². The van der Waals surface area contributed by atoms with Gasteiger partial charge in [0.05, 0.1) is 6.67 Å². The smallest absolute Gasteiger partial charge is 0.0721 e. The van der Waals surface area contributed by atoms with Crippen molar-refractivity contribution in [2.24, 2.45) is 0 Å². The van der Waals surface area contributed by atoms with Crippen LogP contribution in [0.2, 0.25) is 0 Å². The van der Waals surface area contributed by atoms with Crippen molar-refractivity contribution >= 4 is 0 Å². The highest BCUT2D eigenvalue weighted by molar-refractivity contribution is 4.92.